The average Bonchev–Trinajstić information content (AvgIpc) is 2.46. The maximum absolute atomic E-state index is 11.9. The summed E-state index contributed by atoms with van der Waals surface area (Å²) in [4.78, 5) is 11.9. The van der Waals surface area contributed by atoms with E-state index in [9.17, 15) is 4.79 Å². The van der Waals surface area contributed by atoms with Crippen molar-refractivity contribution in [3.8, 4) is 0 Å². The van der Waals surface area contributed by atoms with Crippen molar-refractivity contribution < 1.29 is 14.3 Å². The molecular formula is C14H25NO3. The van der Waals surface area contributed by atoms with Crippen LogP contribution in [0, 0.1) is 5.92 Å². The highest BCUT2D eigenvalue weighted by molar-refractivity contribution is 5.76. The molecule has 2 aliphatic rings. The van der Waals surface area contributed by atoms with Crippen molar-refractivity contribution in [2.45, 2.75) is 57.0 Å². The fourth-order valence-corrected chi connectivity index (χ4v) is 3.08. The van der Waals surface area contributed by atoms with E-state index in [2.05, 4.69) is 5.32 Å². The first-order chi connectivity index (χ1) is 8.81. The van der Waals surface area contributed by atoms with Gasteiger partial charge in [-0.2, -0.15) is 0 Å². The predicted molar refractivity (Wildman–Crippen MR) is 69.4 cm³/mol. The quantitative estimate of drug-likeness (QED) is 0.779. The van der Waals surface area contributed by atoms with E-state index in [0.29, 0.717) is 12.6 Å². The van der Waals surface area contributed by atoms with Gasteiger partial charge in [0.1, 0.15) is 6.04 Å². The lowest BCUT2D eigenvalue weighted by molar-refractivity contribution is -0.146. The predicted octanol–water partition coefficient (Wildman–Crippen LogP) is 1.88. The summed E-state index contributed by atoms with van der Waals surface area (Å²) >= 11 is 0. The van der Waals surface area contributed by atoms with Crippen LogP contribution in [0.25, 0.3) is 0 Å². The van der Waals surface area contributed by atoms with Gasteiger partial charge in [0.05, 0.1) is 13.7 Å². The molecule has 1 N–H and O–H groups in total. The van der Waals surface area contributed by atoms with Crippen molar-refractivity contribution in [1.29, 1.82) is 0 Å². The third-order valence-electron chi connectivity index (χ3n) is 4.14. The summed E-state index contributed by atoms with van der Waals surface area (Å²) in [5.74, 6) is 0.143. The van der Waals surface area contributed by atoms with Gasteiger partial charge in [-0.3, -0.25) is 4.79 Å². The van der Waals surface area contributed by atoms with Crippen LogP contribution in [0.1, 0.15) is 44.9 Å². The van der Waals surface area contributed by atoms with Gasteiger partial charge in [-0.1, -0.05) is 19.3 Å². The van der Waals surface area contributed by atoms with Crippen molar-refractivity contribution in [2.75, 3.05) is 20.3 Å². The second-order valence-electron chi connectivity index (χ2n) is 5.48. The lowest BCUT2D eigenvalue weighted by atomic mass is 9.90. The Labute approximate surface area is 109 Å². The molecule has 4 nitrogen and oxygen atoms in total. The summed E-state index contributed by atoms with van der Waals surface area (Å²) in [6, 6.07) is 0.295. The molecule has 0 amide bonds. The van der Waals surface area contributed by atoms with E-state index in [-0.39, 0.29) is 17.9 Å². The van der Waals surface area contributed by atoms with Crippen molar-refractivity contribution in [3.05, 3.63) is 0 Å². The van der Waals surface area contributed by atoms with Gasteiger partial charge in [-0.25, -0.2) is 0 Å². The van der Waals surface area contributed by atoms with Gasteiger partial charge in [0.2, 0.25) is 0 Å². The number of nitrogens with one attached hydrogen (secondary N) is 1. The summed E-state index contributed by atoms with van der Waals surface area (Å²) < 4.78 is 10.4. The molecular weight excluding hydrogens is 230 g/mol. The van der Waals surface area contributed by atoms with E-state index >= 15 is 0 Å². The molecule has 1 saturated heterocycles. The largest absolute Gasteiger partial charge is 0.468 e. The smallest absolute Gasteiger partial charge is 0.323 e. The average molecular weight is 255 g/mol. The minimum atomic E-state index is -0.182. The van der Waals surface area contributed by atoms with Gasteiger partial charge in [0.15, 0.2) is 0 Å². The third kappa shape index (κ3) is 3.69. The van der Waals surface area contributed by atoms with E-state index in [1.54, 1.807) is 0 Å². The Balaban J connectivity index is 1.92. The van der Waals surface area contributed by atoms with Crippen LogP contribution in [0.15, 0.2) is 0 Å². The third-order valence-corrected chi connectivity index (χ3v) is 4.14. The molecule has 18 heavy (non-hydrogen) atoms. The number of esters is 1. The molecule has 4 heteroatoms. The van der Waals surface area contributed by atoms with E-state index in [1.807, 2.05) is 0 Å². The highest BCUT2D eigenvalue weighted by atomic mass is 16.5. The first-order valence-corrected chi connectivity index (χ1v) is 7.23. The molecule has 0 aromatic rings. The second kappa shape index (κ2) is 7.10. The van der Waals surface area contributed by atoms with Crippen LogP contribution in [0.3, 0.4) is 0 Å². The molecule has 0 aromatic heterocycles. The van der Waals surface area contributed by atoms with Crippen LogP contribution >= 0.6 is 0 Å². The van der Waals surface area contributed by atoms with Crippen LogP contribution in [0.2, 0.25) is 0 Å². The highest BCUT2D eigenvalue weighted by Crippen LogP contribution is 2.23. The highest BCUT2D eigenvalue weighted by Gasteiger charge is 2.32. The Kier molecular flexibility index (Phi) is 5.45. The monoisotopic (exact) mass is 255 g/mol. The number of carbonyl (C=O) groups excluding carboxylic acids is 1. The zero-order valence-corrected chi connectivity index (χ0v) is 11.3. The van der Waals surface area contributed by atoms with Gasteiger partial charge < -0.3 is 14.8 Å². The number of carbonyl (C=O) groups is 1. The van der Waals surface area contributed by atoms with Crippen LogP contribution in [-0.4, -0.2) is 38.4 Å². The molecule has 0 bridgehead atoms. The fourth-order valence-electron chi connectivity index (χ4n) is 3.08. The second-order valence-corrected chi connectivity index (χ2v) is 5.48. The zero-order chi connectivity index (χ0) is 12.8. The maximum atomic E-state index is 11.9. The van der Waals surface area contributed by atoms with Gasteiger partial charge in [0, 0.05) is 18.6 Å². The first kappa shape index (κ1) is 13.8. The van der Waals surface area contributed by atoms with Crippen LogP contribution < -0.4 is 5.32 Å². The van der Waals surface area contributed by atoms with Crippen molar-refractivity contribution >= 4 is 5.97 Å². The number of methoxy groups -OCH3 is 1. The molecule has 1 heterocycles. The SMILES string of the molecule is COC(=O)C(NC1CCCCC1)C1CCCOC1. The summed E-state index contributed by atoms with van der Waals surface area (Å²) in [6.07, 6.45) is 8.33. The van der Waals surface area contributed by atoms with Gasteiger partial charge in [-0.15, -0.1) is 0 Å². The Hall–Kier alpha value is -0.610. The number of hydrogen-bond acceptors (Lipinski definition) is 4. The minimum absolute atomic E-state index is 0.129. The Morgan fingerprint density at radius 1 is 1.22 bits per heavy atom. The molecule has 1 aliphatic heterocycles. The Morgan fingerprint density at radius 3 is 2.61 bits per heavy atom. The maximum Gasteiger partial charge on any atom is 0.323 e. The summed E-state index contributed by atoms with van der Waals surface area (Å²) in [5.41, 5.74) is 0. The van der Waals surface area contributed by atoms with Gasteiger partial charge in [0.25, 0.3) is 0 Å². The summed E-state index contributed by atoms with van der Waals surface area (Å²) in [5, 5.41) is 3.52. The molecule has 0 radical (unpaired) electrons. The number of rotatable bonds is 4. The summed E-state index contributed by atoms with van der Waals surface area (Å²) in [7, 11) is 1.47. The molecule has 2 atom stereocenters. The fraction of sp³-hybridized carbons (Fsp3) is 0.929. The standard InChI is InChI=1S/C14H25NO3/c1-17-14(16)13(11-6-5-9-18-10-11)15-12-7-3-2-4-8-12/h11-13,15H,2-10H2,1H3. The molecule has 104 valence electrons. The van der Waals surface area contributed by atoms with E-state index in [4.69, 9.17) is 9.47 Å². The van der Waals surface area contributed by atoms with Gasteiger partial charge in [-0.05, 0) is 25.7 Å². The number of hydrogen-bond donors (Lipinski definition) is 1. The molecule has 1 saturated carbocycles. The summed E-state index contributed by atoms with van der Waals surface area (Å²) in [6.45, 7) is 1.51. The van der Waals surface area contributed by atoms with Crippen molar-refractivity contribution in [2.24, 2.45) is 5.92 Å². The topological polar surface area (TPSA) is 47.6 Å². The molecule has 2 fully saturated rings. The van der Waals surface area contributed by atoms with Crippen molar-refractivity contribution in [1.82, 2.24) is 5.32 Å². The lowest BCUT2D eigenvalue weighted by Crippen LogP contribution is -2.50. The van der Waals surface area contributed by atoms with Crippen LogP contribution in [0.4, 0.5) is 0 Å². The zero-order valence-electron chi connectivity index (χ0n) is 11.3. The minimum Gasteiger partial charge on any atom is -0.468 e. The molecule has 0 spiro atoms. The van der Waals surface area contributed by atoms with E-state index < -0.39 is 0 Å². The van der Waals surface area contributed by atoms with E-state index in [1.165, 1.54) is 39.2 Å². The number of ether oxygens (including phenoxy) is 2. The molecule has 2 rings (SSSR count). The molecule has 2 unspecified atom stereocenters. The van der Waals surface area contributed by atoms with Gasteiger partial charge >= 0.3 is 5.97 Å². The Bertz CT molecular complexity index is 258. The first-order valence-electron chi connectivity index (χ1n) is 7.23. The molecule has 0 aromatic carbocycles. The normalized spacial score (nSPS) is 27.7. The molecule has 1 aliphatic carbocycles. The lowest BCUT2D eigenvalue weighted by Gasteiger charge is -2.33. The Morgan fingerprint density at radius 2 is 2.00 bits per heavy atom. The van der Waals surface area contributed by atoms with Crippen LogP contribution in [0.5, 0.6) is 0 Å². The van der Waals surface area contributed by atoms with E-state index in [0.717, 1.165) is 19.4 Å². The van der Waals surface area contributed by atoms with Crippen molar-refractivity contribution in [3.63, 3.8) is 0 Å². The van der Waals surface area contributed by atoms with Crippen LogP contribution in [-0.2, 0) is 14.3 Å².